The fraction of sp³-hybridized carbons (Fsp3) is 0.276. The molecule has 8 heteroatoms. The smallest absolute Gasteiger partial charge is 0.407 e. The molecule has 1 amide bonds. The monoisotopic (exact) mass is 502 g/mol. The van der Waals surface area contributed by atoms with Gasteiger partial charge in [-0.25, -0.2) is 14.6 Å². The molecule has 1 aromatic heterocycles. The number of para-hydroxylation sites is 2. The quantitative estimate of drug-likeness (QED) is 0.139. The number of benzene rings is 3. The summed E-state index contributed by atoms with van der Waals surface area (Å²) in [4.78, 5) is 29.4. The van der Waals surface area contributed by atoms with E-state index in [2.05, 4.69) is 10.3 Å². The molecule has 1 N–H and O–H groups in total. The summed E-state index contributed by atoms with van der Waals surface area (Å²) in [6, 6.07) is 21.9. The minimum atomic E-state index is -0.533. The lowest BCUT2D eigenvalue weighted by atomic mass is 10.0. The maximum absolute atomic E-state index is 13.2. The molecular formula is C29H30N2O6. The molecule has 4 rings (SSSR count). The number of nitrogens with one attached hydrogen (secondary N) is 1. The van der Waals surface area contributed by atoms with Crippen molar-refractivity contribution < 1.29 is 28.5 Å². The molecule has 1 heterocycles. The third-order valence-corrected chi connectivity index (χ3v) is 5.24. The molecule has 0 fully saturated rings. The van der Waals surface area contributed by atoms with Crippen LogP contribution in [0.2, 0.25) is 0 Å². The van der Waals surface area contributed by atoms with Crippen LogP contribution in [0, 0.1) is 0 Å². The lowest BCUT2D eigenvalue weighted by Crippen LogP contribution is -2.34. The maximum Gasteiger partial charge on any atom is 0.407 e. The second-order valence-electron chi connectivity index (χ2n) is 9.27. The Morgan fingerprint density at radius 2 is 1.38 bits per heavy atom. The van der Waals surface area contributed by atoms with Crippen LogP contribution in [0.5, 0.6) is 11.5 Å². The number of ether oxygens (including phenoxy) is 4. The number of hydrogen-bond donors (Lipinski definition) is 1. The Balaban J connectivity index is 1.27. The normalized spacial score (nSPS) is 11.3. The number of amides is 1. The summed E-state index contributed by atoms with van der Waals surface area (Å²) in [6.07, 6.45) is -0.474. The Morgan fingerprint density at radius 1 is 0.784 bits per heavy atom. The maximum atomic E-state index is 13.2. The zero-order valence-corrected chi connectivity index (χ0v) is 21.2. The van der Waals surface area contributed by atoms with E-state index in [0.717, 1.165) is 21.8 Å². The third-order valence-electron chi connectivity index (χ3n) is 5.24. The molecule has 0 unspecified atom stereocenters. The number of nitrogens with zero attached hydrogens (tertiary/aromatic N) is 1. The van der Waals surface area contributed by atoms with E-state index in [4.69, 9.17) is 18.9 Å². The van der Waals surface area contributed by atoms with Gasteiger partial charge in [-0.1, -0.05) is 36.4 Å². The van der Waals surface area contributed by atoms with Crippen molar-refractivity contribution in [1.29, 1.82) is 0 Å². The molecule has 4 aromatic rings. The highest BCUT2D eigenvalue weighted by molar-refractivity contribution is 6.14. The molecule has 8 nitrogen and oxygen atoms in total. The number of aromatic nitrogens is 1. The summed E-state index contributed by atoms with van der Waals surface area (Å²) in [7, 11) is 0. The van der Waals surface area contributed by atoms with Crippen molar-refractivity contribution in [3.8, 4) is 11.5 Å². The summed E-state index contributed by atoms with van der Waals surface area (Å²) in [5.74, 6) is 0.582. The lowest BCUT2D eigenvalue weighted by Gasteiger charge is -2.19. The second-order valence-corrected chi connectivity index (χ2v) is 9.27. The minimum absolute atomic E-state index is 0.334. The van der Waals surface area contributed by atoms with Crippen LogP contribution in [-0.2, 0) is 9.47 Å². The van der Waals surface area contributed by atoms with Crippen LogP contribution in [0.4, 0.5) is 4.79 Å². The number of pyridine rings is 1. The van der Waals surface area contributed by atoms with Crippen LogP contribution < -0.4 is 14.8 Å². The molecular weight excluding hydrogens is 472 g/mol. The van der Waals surface area contributed by atoms with Gasteiger partial charge in [0, 0.05) is 17.3 Å². The SMILES string of the molecule is CC(C)(C)OC(=O)NCCOCCOc1ccc(OC(=O)c2c3ccccc3nc3ccccc23)cc1. The van der Waals surface area contributed by atoms with E-state index in [-0.39, 0.29) is 0 Å². The van der Waals surface area contributed by atoms with Crippen LogP contribution in [0.3, 0.4) is 0 Å². The van der Waals surface area contributed by atoms with Crippen molar-refractivity contribution in [1.82, 2.24) is 10.3 Å². The molecule has 0 aliphatic rings. The van der Waals surface area contributed by atoms with Crippen molar-refractivity contribution in [3.05, 3.63) is 78.4 Å². The molecule has 3 aromatic carbocycles. The van der Waals surface area contributed by atoms with E-state index < -0.39 is 17.7 Å². The minimum Gasteiger partial charge on any atom is -0.491 e. The summed E-state index contributed by atoms with van der Waals surface area (Å²) >= 11 is 0. The second kappa shape index (κ2) is 11.7. The van der Waals surface area contributed by atoms with Crippen molar-refractivity contribution in [2.45, 2.75) is 26.4 Å². The van der Waals surface area contributed by atoms with Gasteiger partial charge in [-0.15, -0.1) is 0 Å². The topological polar surface area (TPSA) is 96.0 Å². The summed E-state index contributed by atoms with van der Waals surface area (Å²) in [5, 5.41) is 4.11. The number of hydrogen-bond acceptors (Lipinski definition) is 7. The number of carbonyl (C=O) groups excluding carboxylic acids is 2. The molecule has 0 aliphatic heterocycles. The molecule has 0 saturated heterocycles. The van der Waals surface area contributed by atoms with Gasteiger partial charge >= 0.3 is 12.1 Å². The highest BCUT2D eigenvalue weighted by Gasteiger charge is 2.18. The highest BCUT2D eigenvalue weighted by atomic mass is 16.6. The Hall–Kier alpha value is -4.17. The zero-order valence-electron chi connectivity index (χ0n) is 21.2. The zero-order chi connectivity index (χ0) is 26.3. The van der Waals surface area contributed by atoms with Crippen molar-refractivity contribution in [2.75, 3.05) is 26.4 Å². The molecule has 0 bridgehead atoms. The van der Waals surface area contributed by atoms with Gasteiger partial charge in [-0.2, -0.15) is 0 Å². The average molecular weight is 503 g/mol. The Labute approximate surface area is 215 Å². The first-order chi connectivity index (χ1) is 17.8. The highest BCUT2D eigenvalue weighted by Crippen LogP contribution is 2.27. The van der Waals surface area contributed by atoms with Gasteiger partial charge in [-0.05, 0) is 57.2 Å². The molecule has 0 aliphatic carbocycles. The number of carbonyl (C=O) groups is 2. The van der Waals surface area contributed by atoms with E-state index in [0.29, 0.717) is 43.4 Å². The van der Waals surface area contributed by atoms with Crippen molar-refractivity contribution in [3.63, 3.8) is 0 Å². The van der Waals surface area contributed by atoms with E-state index in [1.54, 1.807) is 24.3 Å². The predicted molar refractivity (Wildman–Crippen MR) is 141 cm³/mol. The van der Waals surface area contributed by atoms with Crippen LogP contribution in [-0.4, -0.2) is 49.0 Å². The summed E-state index contributed by atoms with van der Waals surface area (Å²) in [5.41, 5.74) is 1.42. The van der Waals surface area contributed by atoms with Gasteiger partial charge in [0.15, 0.2) is 0 Å². The number of esters is 1. The van der Waals surface area contributed by atoms with Crippen molar-refractivity contribution in [2.24, 2.45) is 0 Å². The first-order valence-electron chi connectivity index (χ1n) is 12.1. The molecule has 0 radical (unpaired) electrons. The molecule has 192 valence electrons. The summed E-state index contributed by atoms with van der Waals surface area (Å²) in [6.45, 7) is 6.80. The van der Waals surface area contributed by atoms with Gasteiger partial charge in [0.2, 0.25) is 0 Å². The lowest BCUT2D eigenvalue weighted by molar-refractivity contribution is 0.0488. The first kappa shape index (κ1) is 25.9. The average Bonchev–Trinajstić information content (AvgIpc) is 2.86. The van der Waals surface area contributed by atoms with Crippen LogP contribution in [0.1, 0.15) is 31.1 Å². The third kappa shape index (κ3) is 7.17. The van der Waals surface area contributed by atoms with Crippen LogP contribution in [0.25, 0.3) is 21.8 Å². The fourth-order valence-electron chi connectivity index (χ4n) is 3.68. The Bertz CT molecular complexity index is 1330. The van der Waals surface area contributed by atoms with Gasteiger partial charge in [0.05, 0.1) is 29.8 Å². The Morgan fingerprint density at radius 3 is 2.00 bits per heavy atom. The number of rotatable bonds is 9. The molecule has 0 saturated carbocycles. The van der Waals surface area contributed by atoms with Gasteiger partial charge in [-0.3, -0.25) is 0 Å². The largest absolute Gasteiger partial charge is 0.491 e. The molecule has 0 spiro atoms. The van der Waals surface area contributed by atoms with Gasteiger partial charge in [0.25, 0.3) is 0 Å². The number of alkyl carbamates (subject to hydrolysis) is 1. The van der Waals surface area contributed by atoms with Crippen LogP contribution in [0.15, 0.2) is 72.8 Å². The van der Waals surface area contributed by atoms with E-state index in [1.165, 1.54) is 0 Å². The first-order valence-corrected chi connectivity index (χ1v) is 12.1. The standard InChI is InChI=1S/C29H30N2O6/c1-29(2,3)37-28(33)30-16-17-34-18-19-35-20-12-14-21(15-13-20)36-27(32)26-22-8-4-6-10-24(22)31-25-11-7-5-9-23(25)26/h4-15H,16-19H2,1-3H3,(H,30,33). The fourth-order valence-corrected chi connectivity index (χ4v) is 3.68. The van der Waals surface area contributed by atoms with E-state index in [9.17, 15) is 9.59 Å². The van der Waals surface area contributed by atoms with E-state index in [1.807, 2.05) is 69.3 Å². The van der Waals surface area contributed by atoms with Crippen LogP contribution >= 0.6 is 0 Å². The molecule has 0 atom stereocenters. The van der Waals surface area contributed by atoms with E-state index >= 15 is 0 Å². The molecule has 37 heavy (non-hydrogen) atoms. The van der Waals surface area contributed by atoms with Gasteiger partial charge in [0.1, 0.15) is 23.7 Å². The predicted octanol–water partition coefficient (Wildman–Crippen LogP) is 5.53. The number of fused-ring (bicyclic) bond motifs is 2. The summed E-state index contributed by atoms with van der Waals surface area (Å²) < 4.78 is 22.0. The van der Waals surface area contributed by atoms with Crippen molar-refractivity contribution >= 4 is 33.9 Å². The van der Waals surface area contributed by atoms with Gasteiger partial charge < -0.3 is 24.3 Å². The Kier molecular flexibility index (Phi) is 8.20.